The van der Waals surface area contributed by atoms with Crippen LogP contribution in [0.3, 0.4) is 0 Å². The number of methoxy groups -OCH3 is 1. The zero-order valence-corrected chi connectivity index (χ0v) is 14.7. The van der Waals surface area contributed by atoms with Gasteiger partial charge in [0.25, 0.3) is 5.69 Å². The lowest BCUT2D eigenvalue weighted by Crippen LogP contribution is -2.05. The van der Waals surface area contributed by atoms with Crippen LogP contribution in [0.5, 0.6) is 11.5 Å². The van der Waals surface area contributed by atoms with Crippen LogP contribution >= 0.6 is 0 Å². The van der Waals surface area contributed by atoms with Crippen molar-refractivity contribution in [1.29, 1.82) is 0 Å². The van der Waals surface area contributed by atoms with E-state index in [-0.39, 0.29) is 17.3 Å². The molecule has 3 rings (SSSR count). The number of aliphatic imine (C=N–C) groups is 1. The molecular formula is C19H16N2O6. The molecule has 0 bridgehead atoms. The molecule has 2 aromatic carbocycles. The Balaban J connectivity index is 1.88. The molecule has 0 spiro atoms. The molecule has 0 N–H and O–H groups in total. The van der Waals surface area contributed by atoms with Gasteiger partial charge in [0.2, 0.25) is 5.90 Å². The van der Waals surface area contributed by atoms with E-state index in [1.54, 1.807) is 24.3 Å². The first-order valence-corrected chi connectivity index (χ1v) is 8.10. The number of carbonyl (C=O) groups excluding carboxylic acids is 1. The molecule has 0 amide bonds. The smallest absolute Gasteiger partial charge is 0.363 e. The number of ether oxygens (including phenoxy) is 3. The molecule has 0 saturated carbocycles. The molecule has 1 heterocycles. The van der Waals surface area contributed by atoms with Gasteiger partial charge in [-0.15, -0.1) is 0 Å². The van der Waals surface area contributed by atoms with Crippen molar-refractivity contribution in [2.45, 2.75) is 6.92 Å². The predicted molar refractivity (Wildman–Crippen MR) is 97.9 cm³/mol. The number of esters is 1. The van der Waals surface area contributed by atoms with Gasteiger partial charge in [-0.25, -0.2) is 9.79 Å². The van der Waals surface area contributed by atoms with E-state index >= 15 is 0 Å². The number of benzene rings is 2. The Morgan fingerprint density at radius 1 is 1.19 bits per heavy atom. The fraction of sp³-hybridized carbons (Fsp3) is 0.158. The average molecular weight is 368 g/mol. The summed E-state index contributed by atoms with van der Waals surface area (Å²) in [5.74, 6) is 0.638. The Morgan fingerprint density at radius 3 is 2.56 bits per heavy atom. The second-order valence-electron chi connectivity index (χ2n) is 5.48. The van der Waals surface area contributed by atoms with Gasteiger partial charge in [0.15, 0.2) is 17.2 Å². The van der Waals surface area contributed by atoms with Crippen LogP contribution in [0.1, 0.15) is 18.1 Å². The highest BCUT2D eigenvalue weighted by atomic mass is 16.6. The summed E-state index contributed by atoms with van der Waals surface area (Å²) in [5.41, 5.74) is 1.23. The van der Waals surface area contributed by atoms with Gasteiger partial charge in [-0.3, -0.25) is 10.1 Å². The molecule has 8 heteroatoms. The molecule has 138 valence electrons. The lowest BCUT2D eigenvalue weighted by atomic mass is 10.1. The second-order valence-corrected chi connectivity index (χ2v) is 5.48. The minimum absolute atomic E-state index is 0.0547. The van der Waals surface area contributed by atoms with Gasteiger partial charge in [0.1, 0.15) is 0 Å². The van der Waals surface area contributed by atoms with Crippen molar-refractivity contribution in [3.8, 4) is 11.5 Å². The number of nitro groups is 1. The molecule has 1 aliphatic rings. The molecule has 0 unspecified atom stereocenters. The number of nitro benzene ring substituents is 1. The molecular weight excluding hydrogens is 352 g/mol. The van der Waals surface area contributed by atoms with Crippen LogP contribution in [0.25, 0.3) is 6.08 Å². The maximum absolute atomic E-state index is 12.1. The lowest BCUT2D eigenvalue weighted by Gasteiger charge is -2.09. The summed E-state index contributed by atoms with van der Waals surface area (Å²) < 4.78 is 15.9. The molecule has 0 aliphatic carbocycles. The van der Waals surface area contributed by atoms with Gasteiger partial charge in [-0.05, 0) is 42.8 Å². The van der Waals surface area contributed by atoms with Crippen LogP contribution in [-0.2, 0) is 9.53 Å². The van der Waals surface area contributed by atoms with E-state index in [2.05, 4.69) is 4.99 Å². The monoisotopic (exact) mass is 368 g/mol. The Bertz CT molecular complexity index is 947. The number of carbonyl (C=O) groups is 1. The summed E-state index contributed by atoms with van der Waals surface area (Å²) in [6, 6.07) is 10.9. The van der Waals surface area contributed by atoms with Crippen molar-refractivity contribution >= 4 is 23.6 Å². The van der Waals surface area contributed by atoms with Gasteiger partial charge < -0.3 is 14.2 Å². The Kier molecular flexibility index (Phi) is 5.16. The molecule has 0 fully saturated rings. The van der Waals surface area contributed by atoms with Gasteiger partial charge in [0.05, 0.1) is 18.6 Å². The number of cyclic esters (lactones) is 1. The second kappa shape index (κ2) is 7.69. The summed E-state index contributed by atoms with van der Waals surface area (Å²) in [4.78, 5) is 26.5. The number of hydrogen-bond acceptors (Lipinski definition) is 7. The SMILES string of the molecule is CCOc1ccc(/C=C2\N=C(c3ccc([N+](=O)[O-])cc3)OC2=O)cc1OC. The first kappa shape index (κ1) is 18.1. The van der Waals surface area contributed by atoms with Crippen LogP contribution in [0.15, 0.2) is 53.2 Å². The van der Waals surface area contributed by atoms with E-state index in [1.165, 1.54) is 31.4 Å². The third kappa shape index (κ3) is 3.95. The van der Waals surface area contributed by atoms with Crippen molar-refractivity contribution in [2.75, 3.05) is 13.7 Å². The highest BCUT2D eigenvalue weighted by molar-refractivity contribution is 6.12. The molecule has 2 aromatic rings. The fourth-order valence-electron chi connectivity index (χ4n) is 2.46. The number of non-ortho nitro benzene ring substituents is 1. The Morgan fingerprint density at radius 2 is 1.93 bits per heavy atom. The number of rotatable bonds is 6. The normalized spacial score (nSPS) is 14.7. The third-order valence-electron chi connectivity index (χ3n) is 3.74. The molecule has 0 saturated heterocycles. The van der Waals surface area contributed by atoms with E-state index in [1.807, 2.05) is 6.92 Å². The average Bonchev–Trinajstić information content (AvgIpc) is 3.03. The molecule has 8 nitrogen and oxygen atoms in total. The van der Waals surface area contributed by atoms with Crippen LogP contribution in [0, 0.1) is 10.1 Å². The zero-order chi connectivity index (χ0) is 19.4. The molecule has 27 heavy (non-hydrogen) atoms. The summed E-state index contributed by atoms with van der Waals surface area (Å²) in [5, 5.41) is 10.7. The summed E-state index contributed by atoms with van der Waals surface area (Å²) >= 11 is 0. The highest BCUT2D eigenvalue weighted by Crippen LogP contribution is 2.29. The minimum Gasteiger partial charge on any atom is -0.493 e. The molecule has 0 radical (unpaired) electrons. The van der Waals surface area contributed by atoms with Crippen LogP contribution in [0.2, 0.25) is 0 Å². The maximum Gasteiger partial charge on any atom is 0.363 e. The van der Waals surface area contributed by atoms with Gasteiger partial charge in [0, 0.05) is 17.7 Å². The van der Waals surface area contributed by atoms with Crippen molar-refractivity contribution in [3.63, 3.8) is 0 Å². The number of hydrogen-bond donors (Lipinski definition) is 0. The Hall–Kier alpha value is -3.68. The quantitative estimate of drug-likeness (QED) is 0.335. The van der Waals surface area contributed by atoms with Crippen molar-refractivity contribution in [3.05, 3.63) is 69.4 Å². The zero-order valence-electron chi connectivity index (χ0n) is 14.7. The first-order valence-electron chi connectivity index (χ1n) is 8.10. The van der Waals surface area contributed by atoms with E-state index in [4.69, 9.17) is 14.2 Å². The Labute approximate surface area is 154 Å². The van der Waals surface area contributed by atoms with E-state index in [0.29, 0.717) is 29.2 Å². The van der Waals surface area contributed by atoms with Gasteiger partial charge >= 0.3 is 5.97 Å². The van der Waals surface area contributed by atoms with Crippen molar-refractivity contribution < 1.29 is 23.9 Å². The van der Waals surface area contributed by atoms with Gasteiger partial charge in [-0.2, -0.15) is 0 Å². The van der Waals surface area contributed by atoms with Crippen LogP contribution in [0.4, 0.5) is 5.69 Å². The standard InChI is InChI=1S/C19H16N2O6/c1-3-26-16-9-4-12(11-17(16)25-2)10-15-19(22)27-18(20-15)13-5-7-14(8-6-13)21(23)24/h4-11H,3H2,1-2H3/b15-10-. The van der Waals surface area contributed by atoms with E-state index in [9.17, 15) is 14.9 Å². The molecule has 0 aromatic heterocycles. The van der Waals surface area contributed by atoms with E-state index < -0.39 is 10.9 Å². The minimum atomic E-state index is -0.601. The largest absolute Gasteiger partial charge is 0.493 e. The topological polar surface area (TPSA) is 100 Å². The molecule has 1 aliphatic heterocycles. The highest BCUT2D eigenvalue weighted by Gasteiger charge is 2.24. The summed E-state index contributed by atoms with van der Waals surface area (Å²) in [6.45, 7) is 2.38. The lowest BCUT2D eigenvalue weighted by molar-refractivity contribution is -0.384. The number of nitrogens with zero attached hydrogens (tertiary/aromatic N) is 2. The van der Waals surface area contributed by atoms with E-state index in [0.717, 1.165) is 0 Å². The fourth-order valence-corrected chi connectivity index (χ4v) is 2.46. The van der Waals surface area contributed by atoms with Crippen LogP contribution in [-0.4, -0.2) is 30.5 Å². The van der Waals surface area contributed by atoms with Gasteiger partial charge in [-0.1, -0.05) is 6.07 Å². The van der Waals surface area contributed by atoms with Crippen LogP contribution < -0.4 is 9.47 Å². The first-order chi connectivity index (χ1) is 13.0. The summed E-state index contributed by atoms with van der Waals surface area (Å²) in [7, 11) is 1.53. The van der Waals surface area contributed by atoms with Crippen molar-refractivity contribution in [1.82, 2.24) is 0 Å². The molecule has 0 atom stereocenters. The third-order valence-corrected chi connectivity index (χ3v) is 3.74. The predicted octanol–water partition coefficient (Wildman–Crippen LogP) is 3.35. The summed E-state index contributed by atoms with van der Waals surface area (Å²) in [6.07, 6.45) is 1.57. The maximum atomic E-state index is 12.1. The van der Waals surface area contributed by atoms with Crippen molar-refractivity contribution in [2.24, 2.45) is 4.99 Å².